The van der Waals surface area contributed by atoms with Crippen molar-refractivity contribution in [2.24, 2.45) is 11.7 Å². The van der Waals surface area contributed by atoms with Crippen LogP contribution in [0.5, 0.6) is 11.5 Å². The van der Waals surface area contributed by atoms with Crippen molar-refractivity contribution in [1.82, 2.24) is 15.1 Å². The number of rotatable bonds is 8. The van der Waals surface area contributed by atoms with Gasteiger partial charge in [-0.05, 0) is 68.4 Å². The zero-order chi connectivity index (χ0) is 23.2. The summed E-state index contributed by atoms with van der Waals surface area (Å²) >= 11 is 0. The van der Waals surface area contributed by atoms with E-state index in [1.54, 1.807) is 11.7 Å². The van der Waals surface area contributed by atoms with E-state index in [4.69, 9.17) is 15.6 Å². The number of nitrogens with one attached hydrogen (secondary N) is 2. The van der Waals surface area contributed by atoms with Gasteiger partial charge in [0.05, 0.1) is 5.70 Å². The number of hydrogen-bond acceptors (Lipinski definition) is 6. The van der Waals surface area contributed by atoms with Crippen LogP contribution in [-0.2, 0) is 4.79 Å². The normalized spacial score (nSPS) is 14.6. The molecule has 8 heteroatoms. The molecule has 1 amide bonds. The largest absolute Gasteiger partial charge is 0.457 e. The quantitative estimate of drug-likeness (QED) is 0.361. The molecule has 4 rings (SSSR count). The van der Waals surface area contributed by atoms with Gasteiger partial charge in [-0.1, -0.05) is 18.2 Å². The van der Waals surface area contributed by atoms with Crippen molar-refractivity contribution in [3.63, 3.8) is 0 Å². The second-order valence-corrected chi connectivity index (χ2v) is 7.79. The highest BCUT2D eigenvalue weighted by Gasteiger charge is 2.28. The number of allylic oxidation sites excluding steroid dienone is 2. The molecule has 0 unspecified atom stereocenters. The minimum atomic E-state index is -0.596. The van der Waals surface area contributed by atoms with Crippen LogP contribution < -0.4 is 21.1 Å². The van der Waals surface area contributed by atoms with E-state index >= 15 is 0 Å². The number of primary amides is 1. The van der Waals surface area contributed by atoms with Crippen molar-refractivity contribution in [2.75, 3.05) is 25.5 Å². The Labute approximate surface area is 192 Å². The lowest BCUT2D eigenvalue weighted by molar-refractivity contribution is -0.104. The lowest BCUT2D eigenvalue weighted by Crippen LogP contribution is -2.30. The second-order valence-electron chi connectivity index (χ2n) is 7.79. The molecule has 33 heavy (non-hydrogen) atoms. The molecule has 170 valence electrons. The first-order valence-corrected chi connectivity index (χ1v) is 10.9. The second kappa shape index (κ2) is 10.1. The fourth-order valence-electron chi connectivity index (χ4n) is 4.14. The summed E-state index contributed by atoms with van der Waals surface area (Å²) in [6, 6.07) is 16.8. The van der Waals surface area contributed by atoms with Gasteiger partial charge in [0.1, 0.15) is 34.9 Å². The number of ether oxygens (including phenoxy) is 1. The van der Waals surface area contributed by atoms with Gasteiger partial charge in [-0.15, -0.1) is 0 Å². The Balaban J connectivity index is 1.74. The van der Waals surface area contributed by atoms with Crippen LogP contribution in [0.1, 0.15) is 23.2 Å². The highest BCUT2D eigenvalue weighted by atomic mass is 16.5. The number of aromatic nitrogens is 2. The molecule has 1 aromatic heterocycles. The molecule has 0 spiro atoms. The van der Waals surface area contributed by atoms with E-state index in [-0.39, 0.29) is 11.5 Å². The Morgan fingerprint density at radius 3 is 2.39 bits per heavy atom. The van der Waals surface area contributed by atoms with E-state index in [9.17, 15) is 9.59 Å². The summed E-state index contributed by atoms with van der Waals surface area (Å²) in [5, 5.41) is 11.1. The summed E-state index contributed by atoms with van der Waals surface area (Å²) in [4.78, 5) is 23.9. The summed E-state index contributed by atoms with van der Waals surface area (Å²) in [7, 11) is 1.71. The average molecular weight is 446 g/mol. The van der Waals surface area contributed by atoms with Crippen molar-refractivity contribution in [3.8, 4) is 22.8 Å². The molecule has 0 saturated carbocycles. The van der Waals surface area contributed by atoms with E-state index in [0.29, 0.717) is 17.3 Å². The number of piperidine rings is 1. The molecule has 0 aliphatic carbocycles. The molecule has 4 N–H and O–H groups in total. The molecule has 2 heterocycles. The third-order valence-corrected chi connectivity index (χ3v) is 5.72. The fourth-order valence-corrected chi connectivity index (χ4v) is 4.14. The minimum Gasteiger partial charge on any atom is -0.457 e. The third kappa shape index (κ3) is 4.80. The van der Waals surface area contributed by atoms with Crippen LogP contribution >= 0.6 is 0 Å². The molecule has 1 aliphatic heterocycles. The molecule has 1 fully saturated rings. The van der Waals surface area contributed by atoms with Gasteiger partial charge in [0.25, 0.3) is 5.91 Å². The number of para-hydroxylation sites is 1. The van der Waals surface area contributed by atoms with Crippen LogP contribution in [0.3, 0.4) is 0 Å². The maximum atomic E-state index is 12.5. The number of hydrogen-bond donors (Lipinski definition) is 3. The van der Waals surface area contributed by atoms with Gasteiger partial charge in [-0.25, -0.2) is 4.68 Å². The number of anilines is 1. The van der Waals surface area contributed by atoms with Gasteiger partial charge in [-0.3, -0.25) is 9.59 Å². The number of nitrogens with zero attached hydrogens (tertiary/aromatic N) is 2. The van der Waals surface area contributed by atoms with Crippen LogP contribution in [0, 0.1) is 5.92 Å². The number of amides is 1. The fraction of sp³-hybridized carbons (Fsp3) is 0.240. The highest BCUT2D eigenvalue weighted by molar-refractivity contribution is 6.04. The van der Waals surface area contributed by atoms with Gasteiger partial charge in [0.2, 0.25) is 0 Å². The van der Waals surface area contributed by atoms with E-state index in [1.807, 2.05) is 54.6 Å². The van der Waals surface area contributed by atoms with Gasteiger partial charge >= 0.3 is 0 Å². The molecule has 1 saturated heterocycles. The predicted molar refractivity (Wildman–Crippen MR) is 128 cm³/mol. The number of carbonyl (C=O) groups is 2. The Morgan fingerprint density at radius 2 is 1.79 bits per heavy atom. The van der Waals surface area contributed by atoms with E-state index in [1.165, 1.54) is 6.08 Å². The first kappa shape index (κ1) is 22.3. The standard InChI is InChI=1S/C25H27N5O3/c1-27-25-22(24(26)32)23(29-30(25)21(13-16-31)17-11-14-28-15-12-17)18-7-9-20(10-8-18)33-19-5-3-2-4-6-19/h2-10,13,16-17,27-28H,11-12,14-15H2,1H3,(H2,26,32)/b21-13-. The Bertz CT molecular complexity index is 1150. The van der Waals surface area contributed by atoms with Crippen molar-refractivity contribution in [3.05, 3.63) is 66.2 Å². The van der Waals surface area contributed by atoms with Crippen molar-refractivity contribution >= 4 is 23.7 Å². The van der Waals surface area contributed by atoms with Gasteiger partial charge in [0, 0.05) is 18.5 Å². The maximum absolute atomic E-state index is 12.5. The van der Waals surface area contributed by atoms with Crippen molar-refractivity contribution in [1.29, 1.82) is 0 Å². The number of nitrogens with two attached hydrogens (primary N) is 1. The first-order chi connectivity index (χ1) is 16.1. The Kier molecular flexibility index (Phi) is 6.85. The van der Waals surface area contributed by atoms with Crippen LogP contribution in [-0.4, -0.2) is 42.1 Å². The molecule has 2 aromatic carbocycles. The average Bonchev–Trinajstić information content (AvgIpc) is 3.24. The summed E-state index contributed by atoms with van der Waals surface area (Å²) in [5.41, 5.74) is 7.96. The number of benzene rings is 2. The zero-order valence-corrected chi connectivity index (χ0v) is 18.5. The Hall–Kier alpha value is -3.91. The molecule has 0 bridgehead atoms. The Morgan fingerprint density at radius 1 is 1.12 bits per heavy atom. The minimum absolute atomic E-state index is 0.138. The molecular weight excluding hydrogens is 418 g/mol. The summed E-state index contributed by atoms with van der Waals surface area (Å²) in [5.74, 6) is 1.40. The van der Waals surface area contributed by atoms with Crippen molar-refractivity contribution < 1.29 is 14.3 Å². The van der Waals surface area contributed by atoms with Crippen molar-refractivity contribution in [2.45, 2.75) is 12.8 Å². The van der Waals surface area contributed by atoms with Crippen LogP contribution in [0.2, 0.25) is 0 Å². The molecule has 0 atom stereocenters. The van der Waals surface area contributed by atoms with E-state index in [2.05, 4.69) is 10.6 Å². The first-order valence-electron chi connectivity index (χ1n) is 10.9. The monoisotopic (exact) mass is 445 g/mol. The number of aldehydes is 1. The SMILES string of the molecule is CNc1c(C(N)=O)c(-c2ccc(Oc3ccccc3)cc2)nn1/C(=C\C=O)C1CCNCC1. The molecule has 3 aromatic rings. The summed E-state index contributed by atoms with van der Waals surface area (Å²) in [6.45, 7) is 1.71. The predicted octanol–water partition coefficient (Wildman–Crippen LogP) is 3.52. The lowest BCUT2D eigenvalue weighted by Gasteiger charge is -2.25. The van der Waals surface area contributed by atoms with E-state index < -0.39 is 5.91 Å². The summed E-state index contributed by atoms with van der Waals surface area (Å²) < 4.78 is 7.51. The maximum Gasteiger partial charge on any atom is 0.254 e. The van der Waals surface area contributed by atoms with Gasteiger partial charge in [0.15, 0.2) is 0 Å². The van der Waals surface area contributed by atoms with Crippen LogP contribution in [0.25, 0.3) is 17.0 Å². The van der Waals surface area contributed by atoms with Gasteiger partial charge < -0.3 is 21.1 Å². The smallest absolute Gasteiger partial charge is 0.254 e. The topological polar surface area (TPSA) is 111 Å². The lowest BCUT2D eigenvalue weighted by atomic mass is 9.94. The van der Waals surface area contributed by atoms with Gasteiger partial charge in [-0.2, -0.15) is 5.10 Å². The zero-order valence-electron chi connectivity index (χ0n) is 18.5. The van der Waals surface area contributed by atoms with Crippen LogP contribution in [0.15, 0.2) is 60.7 Å². The molecule has 0 radical (unpaired) electrons. The molecule has 1 aliphatic rings. The van der Waals surface area contributed by atoms with E-state index in [0.717, 1.165) is 49.2 Å². The molecule has 8 nitrogen and oxygen atoms in total. The van der Waals surface area contributed by atoms with Crippen LogP contribution in [0.4, 0.5) is 5.82 Å². The highest BCUT2D eigenvalue weighted by Crippen LogP contribution is 2.35. The third-order valence-electron chi connectivity index (χ3n) is 5.72. The number of carbonyl (C=O) groups excluding carboxylic acids is 2. The summed E-state index contributed by atoms with van der Waals surface area (Å²) in [6.07, 6.45) is 4.03. The molecular formula is C25H27N5O3.